The van der Waals surface area contributed by atoms with Gasteiger partial charge in [0.15, 0.2) is 0 Å². The van der Waals surface area contributed by atoms with Gasteiger partial charge in [-0.15, -0.1) is 0 Å². The molecule has 2 rings (SSSR count). The molecule has 0 fully saturated rings. The van der Waals surface area contributed by atoms with Crippen LogP contribution in [0.4, 0.5) is 5.69 Å². The summed E-state index contributed by atoms with van der Waals surface area (Å²) < 4.78 is 5.08. The molecule has 1 aromatic heterocycles. The van der Waals surface area contributed by atoms with Gasteiger partial charge >= 0.3 is 0 Å². The van der Waals surface area contributed by atoms with E-state index in [9.17, 15) is 15.2 Å². The van der Waals surface area contributed by atoms with Gasteiger partial charge in [0.1, 0.15) is 11.5 Å². The lowest BCUT2D eigenvalue weighted by molar-refractivity contribution is -0.384. The van der Waals surface area contributed by atoms with Gasteiger partial charge < -0.3 is 9.52 Å². The summed E-state index contributed by atoms with van der Waals surface area (Å²) in [5.74, 6) is 0.625. The van der Waals surface area contributed by atoms with Crippen LogP contribution in [0.1, 0.15) is 11.3 Å². The lowest BCUT2D eigenvalue weighted by Gasteiger charge is -1.98. The summed E-state index contributed by atoms with van der Waals surface area (Å²) in [5.41, 5.74) is 0.211. The second kappa shape index (κ2) is 5.13. The number of hydrogen-bond donors (Lipinski definition) is 1. The van der Waals surface area contributed by atoms with Crippen LogP contribution in [-0.4, -0.2) is 16.2 Å². The van der Waals surface area contributed by atoms with Gasteiger partial charge in [0.05, 0.1) is 17.7 Å². The molecule has 0 aliphatic carbocycles. The molecule has 0 atom stereocenters. The molecule has 0 spiro atoms. The fourth-order valence-electron chi connectivity index (χ4n) is 1.40. The molecule has 0 aliphatic rings. The number of benzene rings is 1. The molecular weight excluding hydrogens is 236 g/mol. The molecule has 0 amide bonds. The van der Waals surface area contributed by atoms with E-state index in [1.165, 1.54) is 30.7 Å². The van der Waals surface area contributed by atoms with Crippen molar-refractivity contribution < 1.29 is 14.4 Å². The number of nitro benzene ring substituents is 1. The van der Waals surface area contributed by atoms with Crippen molar-refractivity contribution in [2.24, 2.45) is 4.99 Å². The van der Waals surface area contributed by atoms with Gasteiger partial charge in [0.2, 0.25) is 0 Å². The zero-order valence-corrected chi connectivity index (χ0v) is 9.31. The summed E-state index contributed by atoms with van der Waals surface area (Å²) in [6.07, 6.45) is 2.92. The van der Waals surface area contributed by atoms with Crippen LogP contribution in [0.3, 0.4) is 0 Å². The quantitative estimate of drug-likeness (QED) is 0.510. The predicted molar refractivity (Wildman–Crippen MR) is 64.8 cm³/mol. The highest BCUT2D eigenvalue weighted by Crippen LogP contribution is 2.21. The Morgan fingerprint density at radius 3 is 2.94 bits per heavy atom. The van der Waals surface area contributed by atoms with Crippen LogP contribution in [0.15, 0.2) is 46.0 Å². The summed E-state index contributed by atoms with van der Waals surface area (Å²) in [6.45, 7) is 0.315. The Morgan fingerprint density at radius 1 is 1.44 bits per heavy atom. The smallest absolute Gasteiger partial charge is 0.270 e. The third-order valence-corrected chi connectivity index (χ3v) is 2.28. The van der Waals surface area contributed by atoms with Crippen LogP contribution in [-0.2, 0) is 6.54 Å². The maximum Gasteiger partial charge on any atom is 0.270 e. The molecule has 0 saturated carbocycles. The van der Waals surface area contributed by atoms with E-state index in [1.807, 2.05) is 0 Å². The Labute approximate surface area is 102 Å². The molecule has 1 aromatic carbocycles. The number of phenolic OH excluding ortho intramolecular Hbond substituents is 1. The van der Waals surface area contributed by atoms with Crippen molar-refractivity contribution in [3.8, 4) is 5.75 Å². The summed E-state index contributed by atoms with van der Waals surface area (Å²) in [5, 5.41) is 20.1. The Morgan fingerprint density at radius 2 is 2.28 bits per heavy atom. The first-order valence-electron chi connectivity index (χ1n) is 5.16. The van der Waals surface area contributed by atoms with Crippen molar-refractivity contribution in [2.75, 3.05) is 0 Å². The minimum atomic E-state index is -0.524. The number of hydrogen-bond acceptors (Lipinski definition) is 5. The third kappa shape index (κ3) is 2.73. The average Bonchev–Trinajstić information content (AvgIpc) is 2.84. The highest BCUT2D eigenvalue weighted by atomic mass is 16.6. The molecule has 0 saturated heterocycles. The Hall–Kier alpha value is -2.63. The van der Waals surface area contributed by atoms with E-state index >= 15 is 0 Å². The lowest BCUT2D eigenvalue weighted by atomic mass is 10.2. The Kier molecular flexibility index (Phi) is 3.38. The van der Waals surface area contributed by atoms with E-state index in [0.717, 1.165) is 0 Å². The molecule has 92 valence electrons. The van der Waals surface area contributed by atoms with Gasteiger partial charge in [-0.05, 0) is 18.2 Å². The van der Waals surface area contributed by atoms with Crippen molar-refractivity contribution in [2.45, 2.75) is 6.54 Å². The van der Waals surface area contributed by atoms with Crippen molar-refractivity contribution in [1.29, 1.82) is 0 Å². The number of nitrogens with zero attached hydrogens (tertiary/aromatic N) is 2. The number of non-ortho nitro benzene ring substituents is 1. The summed E-state index contributed by atoms with van der Waals surface area (Å²) in [4.78, 5) is 14.1. The van der Waals surface area contributed by atoms with Crippen LogP contribution >= 0.6 is 0 Å². The number of aliphatic imine (C=N–C) groups is 1. The van der Waals surface area contributed by atoms with E-state index in [4.69, 9.17) is 4.42 Å². The predicted octanol–water partition coefficient (Wildman–Crippen LogP) is 2.51. The zero-order chi connectivity index (χ0) is 13.0. The highest BCUT2D eigenvalue weighted by molar-refractivity contribution is 5.84. The summed E-state index contributed by atoms with van der Waals surface area (Å²) in [7, 11) is 0. The zero-order valence-electron chi connectivity index (χ0n) is 9.31. The lowest BCUT2D eigenvalue weighted by Crippen LogP contribution is -1.91. The van der Waals surface area contributed by atoms with Crippen LogP contribution in [0.2, 0.25) is 0 Å². The van der Waals surface area contributed by atoms with E-state index in [1.54, 1.807) is 12.1 Å². The fraction of sp³-hybridized carbons (Fsp3) is 0.0833. The van der Waals surface area contributed by atoms with Crippen molar-refractivity contribution in [1.82, 2.24) is 0 Å². The molecular formula is C12H10N2O4. The first-order chi connectivity index (χ1) is 8.66. The average molecular weight is 246 g/mol. The largest absolute Gasteiger partial charge is 0.507 e. The number of furan rings is 1. The summed E-state index contributed by atoms with van der Waals surface area (Å²) in [6, 6.07) is 7.28. The fourth-order valence-corrected chi connectivity index (χ4v) is 1.40. The molecule has 2 aromatic rings. The van der Waals surface area contributed by atoms with Crippen molar-refractivity contribution in [3.05, 3.63) is 58.0 Å². The molecule has 0 radical (unpaired) electrons. The second-order valence-electron chi connectivity index (χ2n) is 3.55. The van der Waals surface area contributed by atoms with Gasteiger partial charge in [-0.25, -0.2) is 0 Å². The highest BCUT2D eigenvalue weighted by Gasteiger charge is 2.08. The van der Waals surface area contributed by atoms with Gasteiger partial charge in [-0.3, -0.25) is 15.1 Å². The molecule has 0 bridgehead atoms. The SMILES string of the molecule is O=[N+]([O-])c1ccc(O)c(C=NCc2ccco2)c1. The van der Waals surface area contributed by atoms with Crippen molar-refractivity contribution in [3.63, 3.8) is 0 Å². The monoisotopic (exact) mass is 246 g/mol. The van der Waals surface area contributed by atoms with Crippen LogP contribution in [0.25, 0.3) is 0 Å². The van der Waals surface area contributed by atoms with Crippen LogP contribution in [0, 0.1) is 10.1 Å². The normalized spacial score (nSPS) is 10.9. The minimum Gasteiger partial charge on any atom is -0.507 e. The maximum atomic E-state index is 10.6. The molecule has 1 N–H and O–H groups in total. The second-order valence-corrected chi connectivity index (χ2v) is 3.55. The maximum absolute atomic E-state index is 10.6. The topological polar surface area (TPSA) is 88.9 Å². The first kappa shape index (κ1) is 11.8. The molecule has 0 aliphatic heterocycles. The van der Waals surface area contributed by atoms with Gasteiger partial charge in [0, 0.05) is 23.9 Å². The first-order valence-corrected chi connectivity index (χ1v) is 5.16. The standard InChI is InChI=1S/C12H10N2O4/c15-12-4-3-10(14(16)17)6-9(12)7-13-8-11-2-1-5-18-11/h1-7,15H,8H2. The van der Waals surface area contributed by atoms with Crippen molar-refractivity contribution >= 4 is 11.9 Å². The van der Waals surface area contributed by atoms with Crippen LogP contribution < -0.4 is 0 Å². The van der Waals surface area contributed by atoms with Gasteiger partial charge in [-0.1, -0.05) is 0 Å². The van der Waals surface area contributed by atoms with Gasteiger partial charge in [-0.2, -0.15) is 0 Å². The number of phenols is 1. The number of nitro groups is 1. The molecule has 1 heterocycles. The van der Waals surface area contributed by atoms with E-state index < -0.39 is 4.92 Å². The third-order valence-electron chi connectivity index (χ3n) is 2.28. The number of rotatable bonds is 4. The molecule has 6 nitrogen and oxygen atoms in total. The van der Waals surface area contributed by atoms with Crippen LogP contribution in [0.5, 0.6) is 5.75 Å². The van der Waals surface area contributed by atoms with E-state index in [0.29, 0.717) is 17.9 Å². The summed E-state index contributed by atoms with van der Waals surface area (Å²) >= 11 is 0. The van der Waals surface area contributed by atoms with Gasteiger partial charge in [0.25, 0.3) is 5.69 Å². The Balaban J connectivity index is 2.15. The molecule has 0 unspecified atom stereocenters. The van der Waals surface area contributed by atoms with E-state index in [2.05, 4.69) is 4.99 Å². The molecule has 18 heavy (non-hydrogen) atoms. The minimum absolute atomic E-state index is 0.0520. The molecule has 6 heteroatoms. The number of aromatic hydroxyl groups is 1. The Bertz CT molecular complexity index is 576. The van der Waals surface area contributed by atoms with E-state index in [-0.39, 0.29) is 11.4 Å².